The van der Waals surface area contributed by atoms with Gasteiger partial charge in [0, 0.05) is 23.9 Å². The van der Waals surface area contributed by atoms with Crippen molar-refractivity contribution in [2.75, 3.05) is 12.8 Å². The summed E-state index contributed by atoms with van der Waals surface area (Å²) in [6.07, 6.45) is 1.98. The molecule has 0 radical (unpaired) electrons. The molecular weight excluding hydrogens is 242 g/mol. The summed E-state index contributed by atoms with van der Waals surface area (Å²) in [7, 11) is 3.93. The highest BCUT2D eigenvalue weighted by atomic mass is 32.2. The number of rotatable bonds is 5. The molecule has 2 rings (SSSR count). The Labute approximate surface area is 113 Å². The Morgan fingerprint density at radius 1 is 1.33 bits per heavy atom. The second-order valence-corrected chi connectivity index (χ2v) is 5.39. The van der Waals surface area contributed by atoms with Crippen molar-refractivity contribution in [3.05, 3.63) is 47.8 Å². The minimum Gasteiger partial charge on any atom is -0.311 e. The molecule has 96 valence electrons. The number of nitrogens with zero attached hydrogens (tertiary/aromatic N) is 2. The van der Waals surface area contributed by atoms with Gasteiger partial charge in [-0.25, -0.2) is 0 Å². The third-order valence-electron chi connectivity index (χ3n) is 2.94. The molecule has 1 aromatic heterocycles. The van der Waals surface area contributed by atoms with Gasteiger partial charge in [0.2, 0.25) is 0 Å². The Balaban J connectivity index is 2.02. The molecule has 3 nitrogen and oxygen atoms in total. The maximum atomic E-state index is 4.46. The minimum absolute atomic E-state index is 0.288. The Morgan fingerprint density at radius 3 is 2.72 bits per heavy atom. The van der Waals surface area contributed by atoms with Gasteiger partial charge in [0.15, 0.2) is 0 Å². The average molecular weight is 261 g/mol. The van der Waals surface area contributed by atoms with E-state index in [0.717, 1.165) is 11.4 Å². The lowest BCUT2D eigenvalue weighted by Gasteiger charge is -2.14. The van der Waals surface area contributed by atoms with Crippen molar-refractivity contribution in [2.45, 2.75) is 17.9 Å². The van der Waals surface area contributed by atoms with E-state index in [4.69, 9.17) is 0 Å². The summed E-state index contributed by atoms with van der Waals surface area (Å²) in [6, 6.07) is 10.8. The molecule has 0 amide bonds. The van der Waals surface area contributed by atoms with Gasteiger partial charge in [-0.2, -0.15) is 5.10 Å². The van der Waals surface area contributed by atoms with Gasteiger partial charge in [-0.3, -0.25) is 4.68 Å². The van der Waals surface area contributed by atoms with Crippen LogP contribution < -0.4 is 5.32 Å². The number of nitrogens with one attached hydrogen (secondary N) is 1. The van der Waals surface area contributed by atoms with Gasteiger partial charge in [-0.05, 0) is 31.7 Å². The molecule has 0 aliphatic heterocycles. The quantitative estimate of drug-likeness (QED) is 0.839. The largest absolute Gasteiger partial charge is 0.311 e. The first-order valence-corrected chi connectivity index (χ1v) is 7.04. The van der Waals surface area contributed by atoms with Gasteiger partial charge < -0.3 is 5.32 Å². The summed E-state index contributed by atoms with van der Waals surface area (Å²) in [5, 5.41) is 7.78. The standard InChI is InChI=1S/C14H19N3S/c1-11-6-4-5-7-14(11)18-10-13(15-2)12-8-9-17(3)16-12/h4-9,13,15H,10H2,1-3H3. The van der Waals surface area contributed by atoms with Crippen molar-refractivity contribution in [2.24, 2.45) is 7.05 Å². The van der Waals surface area contributed by atoms with E-state index in [9.17, 15) is 0 Å². The van der Waals surface area contributed by atoms with Crippen LogP contribution >= 0.6 is 11.8 Å². The normalized spacial score (nSPS) is 12.6. The first kappa shape index (κ1) is 13.2. The second-order valence-electron chi connectivity index (χ2n) is 4.33. The number of hydrogen-bond donors (Lipinski definition) is 1. The summed E-state index contributed by atoms with van der Waals surface area (Å²) in [5.74, 6) is 0.984. The van der Waals surface area contributed by atoms with E-state index in [0.29, 0.717) is 0 Å². The molecule has 1 heterocycles. The lowest BCUT2D eigenvalue weighted by molar-refractivity contribution is 0.619. The fraction of sp³-hybridized carbons (Fsp3) is 0.357. The van der Waals surface area contributed by atoms with Crippen LogP contribution in [0.4, 0.5) is 0 Å². The van der Waals surface area contributed by atoms with Crippen LogP contribution in [0.25, 0.3) is 0 Å². The molecule has 1 aromatic carbocycles. The SMILES string of the molecule is CNC(CSc1ccccc1C)c1ccn(C)n1. The van der Waals surface area contributed by atoms with Crippen LogP contribution in [0.1, 0.15) is 17.3 Å². The number of thioether (sulfide) groups is 1. The lowest BCUT2D eigenvalue weighted by Crippen LogP contribution is -2.19. The van der Waals surface area contributed by atoms with Crippen LogP contribution in [0.5, 0.6) is 0 Å². The lowest BCUT2D eigenvalue weighted by atomic mass is 10.2. The van der Waals surface area contributed by atoms with Gasteiger partial charge in [-0.1, -0.05) is 18.2 Å². The van der Waals surface area contributed by atoms with Crippen LogP contribution in [-0.4, -0.2) is 22.6 Å². The zero-order valence-corrected chi connectivity index (χ0v) is 11.9. The van der Waals surface area contributed by atoms with E-state index in [-0.39, 0.29) is 6.04 Å². The van der Waals surface area contributed by atoms with E-state index in [1.807, 2.05) is 36.7 Å². The summed E-state index contributed by atoms with van der Waals surface area (Å²) < 4.78 is 1.85. The zero-order valence-electron chi connectivity index (χ0n) is 11.1. The van der Waals surface area contributed by atoms with E-state index < -0.39 is 0 Å². The number of hydrogen-bond acceptors (Lipinski definition) is 3. The second kappa shape index (κ2) is 6.07. The van der Waals surface area contributed by atoms with Gasteiger partial charge >= 0.3 is 0 Å². The predicted molar refractivity (Wildman–Crippen MR) is 76.9 cm³/mol. The molecule has 4 heteroatoms. The summed E-state index contributed by atoms with van der Waals surface area (Å²) in [6.45, 7) is 2.15. The van der Waals surface area contributed by atoms with Crippen LogP contribution in [0.3, 0.4) is 0 Å². The van der Waals surface area contributed by atoms with E-state index in [2.05, 4.69) is 47.7 Å². The third kappa shape index (κ3) is 3.15. The van der Waals surface area contributed by atoms with E-state index in [1.165, 1.54) is 10.5 Å². The fourth-order valence-electron chi connectivity index (χ4n) is 1.83. The number of benzene rings is 1. The molecule has 0 aliphatic rings. The molecule has 18 heavy (non-hydrogen) atoms. The van der Waals surface area contributed by atoms with Crippen molar-refractivity contribution in [3.8, 4) is 0 Å². The Kier molecular flexibility index (Phi) is 4.44. The maximum Gasteiger partial charge on any atom is 0.0802 e. The Bertz CT molecular complexity index is 507. The highest BCUT2D eigenvalue weighted by molar-refractivity contribution is 7.99. The van der Waals surface area contributed by atoms with Gasteiger partial charge in [0.25, 0.3) is 0 Å². The van der Waals surface area contributed by atoms with Crippen LogP contribution in [0, 0.1) is 6.92 Å². The van der Waals surface area contributed by atoms with Crippen molar-refractivity contribution >= 4 is 11.8 Å². The van der Waals surface area contributed by atoms with Crippen molar-refractivity contribution in [1.82, 2.24) is 15.1 Å². The van der Waals surface area contributed by atoms with E-state index in [1.54, 1.807) is 0 Å². The molecule has 0 saturated heterocycles. The van der Waals surface area contributed by atoms with Gasteiger partial charge in [0.05, 0.1) is 11.7 Å². The van der Waals surface area contributed by atoms with Crippen LogP contribution in [0.15, 0.2) is 41.4 Å². The zero-order chi connectivity index (χ0) is 13.0. The molecule has 1 atom stereocenters. The third-order valence-corrected chi connectivity index (χ3v) is 4.21. The predicted octanol–water partition coefficient (Wildman–Crippen LogP) is 2.78. The van der Waals surface area contributed by atoms with Gasteiger partial charge in [0.1, 0.15) is 0 Å². The average Bonchev–Trinajstić information content (AvgIpc) is 2.79. The number of aromatic nitrogens is 2. The highest BCUT2D eigenvalue weighted by Gasteiger charge is 2.12. The van der Waals surface area contributed by atoms with Crippen LogP contribution in [0.2, 0.25) is 0 Å². The fourth-order valence-corrected chi connectivity index (χ4v) is 2.98. The summed E-state index contributed by atoms with van der Waals surface area (Å²) in [4.78, 5) is 1.34. The minimum atomic E-state index is 0.288. The van der Waals surface area contributed by atoms with Crippen LogP contribution in [-0.2, 0) is 7.05 Å². The molecule has 0 aliphatic carbocycles. The maximum absolute atomic E-state index is 4.46. The molecule has 0 spiro atoms. The summed E-state index contributed by atoms with van der Waals surface area (Å²) >= 11 is 1.87. The number of aryl methyl sites for hydroxylation is 2. The van der Waals surface area contributed by atoms with Gasteiger partial charge in [-0.15, -0.1) is 11.8 Å². The molecule has 0 fully saturated rings. The molecular formula is C14H19N3S. The molecule has 2 aromatic rings. The molecule has 0 bridgehead atoms. The monoisotopic (exact) mass is 261 g/mol. The Morgan fingerprint density at radius 2 is 2.11 bits per heavy atom. The molecule has 0 saturated carbocycles. The van der Waals surface area contributed by atoms with E-state index >= 15 is 0 Å². The van der Waals surface area contributed by atoms with Crippen molar-refractivity contribution in [1.29, 1.82) is 0 Å². The molecule has 1 N–H and O–H groups in total. The topological polar surface area (TPSA) is 29.9 Å². The molecule has 1 unspecified atom stereocenters. The van der Waals surface area contributed by atoms with Crippen molar-refractivity contribution in [3.63, 3.8) is 0 Å². The summed E-state index contributed by atoms with van der Waals surface area (Å²) in [5.41, 5.74) is 2.43. The smallest absolute Gasteiger partial charge is 0.0802 e. The highest BCUT2D eigenvalue weighted by Crippen LogP contribution is 2.26. The van der Waals surface area contributed by atoms with Crippen molar-refractivity contribution < 1.29 is 0 Å². The Hall–Kier alpha value is -1.26. The first-order valence-electron chi connectivity index (χ1n) is 6.06. The first-order chi connectivity index (χ1) is 8.70.